The average molecular weight is 316 g/mol. The Labute approximate surface area is 102 Å². The molecule has 1 aromatic carbocycles. The largest absolute Gasteiger partial charge is 0.288 e. The van der Waals surface area contributed by atoms with Crippen LogP contribution in [0, 0.1) is 5.82 Å². The molecular formula is C12H10FIO. The Morgan fingerprint density at radius 3 is 2.87 bits per heavy atom. The van der Waals surface area contributed by atoms with Crippen molar-refractivity contribution in [2.24, 2.45) is 0 Å². The van der Waals surface area contributed by atoms with Crippen LogP contribution in [0.15, 0.2) is 27.4 Å². The number of halogens is 2. The summed E-state index contributed by atoms with van der Waals surface area (Å²) in [6.45, 7) is 2.04. The first-order chi connectivity index (χ1) is 7.13. The maximum absolute atomic E-state index is 13.0. The zero-order chi connectivity index (χ0) is 11.0. The van der Waals surface area contributed by atoms with Crippen LogP contribution in [-0.4, -0.2) is 5.78 Å². The van der Waals surface area contributed by atoms with E-state index in [4.69, 9.17) is 0 Å². The third kappa shape index (κ3) is 1.85. The molecule has 15 heavy (non-hydrogen) atoms. The van der Waals surface area contributed by atoms with E-state index in [1.54, 1.807) is 6.07 Å². The number of hydrogen-bond donors (Lipinski definition) is 0. The maximum atomic E-state index is 13.0. The van der Waals surface area contributed by atoms with Gasteiger partial charge in [-0.2, -0.15) is 0 Å². The number of benzene rings is 1. The van der Waals surface area contributed by atoms with Crippen LogP contribution in [0.3, 0.4) is 0 Å². The smallest absolute Gasteiger partial charge is 0.199 e. The highest BCUT2D eigenvalue weighted by molar-refractivity contribution is 14.1. The van der Waals surface area contributed by atoms with E-state index in [1.807, 2.05) is 6.92 Å². The standard InChI is InChI=1S/C12H10FIO/c1-2-7-5-8-3-4-9(13)6-10(8)12(15)11(7)14/h3-4,6H,2,5H2,1H3. The van der Waals surface area contributed by atoms with Gasteiger partial charge in [0, 0.05) is 5.56 Å². The van der Waals surface area contributed by atoms with E-state index in [1.165, 1.54) is 12.1 Å². The van der Waals surface area contributed by atoms with Crippen molar-refractivity contribution in [2.45, 2.75) is 19.8 Å². The maximum Gasteiger partial charge on any atom is 0.199 e. The van der Waals surface area contributed by atoms with Crippen molar-refractivity contribution in [1.82, 2.24) is 0 Å². The van der Waals surface area contributed by atoms with Gasteiger partial charge < -0.3 is 0 Å². The first kappa shape index (κ1) is 10.8. The molecule has 0 saturated heterocycles. The Morgan fingerprint density at radius 1 is 1.47 bits per heavy atom. The topological polar surface area (TPSA) is 17.1 Å². The second kappa shape index (κ2) is 4.04. The van der Waals surface area contributed by atoms with E-state index < -0.39 is 0 Å². The van der Waals surface area contributed by atoms with E-state index >= 15 is 0 Å². The predicted molar refractivity (Wildman–Crippen MR) is 65.8 cm³/mol. The Morgan fingerprint density at radius 2 is 2.20 bits per heavy atom. The van der Waals surface area contributed by atoms with E-state index in [2.05, 4.69) is 22.6 Å². The fourth-order valence-electron chi connectivity index (χ4n) is 1.78. The van der Waals surface area contributed by atoms with Gasteiger partial charge in [-0.1, -0.05) is 13.0 Å². The van der Waals surface area contributed by atoms with Crippen LogP contribution in [-0.2, 0) is 6.42 Å². The molecule has 2 rings (SSSR count). The lowest BCUT2D eigenvalue weighted by Crippen LogP contribution is -2.13. The molecule has 1 aliphatic carbocycles. The summed E-state index contributed by atoms with van der Waals surface area (Å²) in [6.07, 6.45) is 1.65. The third-order valence-corrected chi connectivity index (χ3v) is 3.91. The molecule has 0 aromatic heterocycles. The molecule has 1 aliphatic rings. The monoisotopic (exact) mass is 316 g/mol. The van der Waals surface area contributed by atoms with Crippen molar-refractivity contribution in [1.29, 1.82) is 0 Å². The van der Waals surface area contributed by atoms with Crippen molar-refractivity contribution in [3.8, 4) is 0 Å². The van der Waals surface area contributed by atoms with Crippen LogP contribution in [0.4, 0.5) is 4.39 Å². The minimum Gasteiger partial charge on any atom is -0.288 e. The Kier molecular flexibility index (Phi) is 2.91. The summed E-state index contributed by atoms with van der Waals surface area (Å²) >= 11 is 2.06. The number of Topliss-reactive ketones (excluding diaryl/α,β-unsaturated/α-hetero) is 1. The molecule has 0 bridgehead atoms. The molecule has 0 aliphatic heterocycles. The molecule has 3 heteroatoms. The third-order valence-electron chi connectivity index (χ3n) is 2.66. The van der Waals surface area contributed by atoms with Gasteiger partial charge in [0.25, 0.3) is 0 Å². The van der Waals surface area contributed by atoms with Crippen molar-refractivity contribution >= 4 is 28.4 Å². The molecule has 0 heterocycles. The normalized spacial score (nSPS) is 15.5. The van der Waals surface area contributed by atoms with Crippen LogP contribution in [0.25, 0.3) is 0 Å². The molecule has 78 valence electrons. The van der Waals surface area contributed by atoms with Crippen molar-refractivity contribution in [2.75, 3.05) is 0 Å². The number of fused-ring (bicyclic) bond motifs is 1. The van der Waals surface area contributed by atoms with Gasteiger partial charge in [0.2, 0.25) is 0 Å². The molecule has 0 fully saturated rings. The Bertz CT molecular complexity index is 463. The molecular weight excluding hydrogens is 306 g/mol. The van der Waals surface area contributed by atoms with E-state index in [0.29, 0.717) is 5.56 Å². The molecule has 0 radical (unpaired) electrons. The molecule has 1 nitrogen and oxygen atoms in total. The highest BCUT2D eigenvalue weighted by Crippen LogP contribution is 2.31. The second-order valence-electron chi connectivity index (χ2n) is 3.58. The number of carbonyl (C=O) groups excluding carboxylic acids is 1. The lowest BCUT2D eigenvalue weighted by atomic mass is 9.89. The number of rotatable bonds is 1. The summed E-state index contributed by atoms with van der Waals surface area (Å²) in [5.74, 6) is -0.376. The lowest BCUT2D eigenvalue weighted by molar-refractivity contribution is 0.104. The quantitative estimate of drug-likeness (QED) is 0.723. The Balaban J connectivity index is 2.54. The summed E-state index contributed by atoms with van der Waals surface area (Å²) in [5, 5.41) is 0. The fraction of sp³-hybridized carbons (Fsp3) is 0.250. The molecule has 0 unspecified atom stereocenters. The second-order valence-corrected chi connectivity index (χ2v) is 4.66. The van der Waals surface area contributed by atoms with E-state index in [9.17, 15) is 9.18 Å². The van der Waals surface area contributed by atoms with Crippen LogP contribution in [0.1, 0.15) is 29.3 Å². The number of hydrogen-bond acceptors (Lipinski definition) is 1. The zero-order valence-electron chi connectivity index (χ0n) is 8.31. The van der Waals surface area contributed by atoms with Crippen molar-refractivity contribution in [3.63, 3.8) is 0 Å². The van der Waals surface area contributed by atoms with Crippen LogP contribution >= 0.6 is 22.6 Å². The average Bonchev–Trinajstić information content (AvgIpc) is 2.24. The van der Waals surface area contributed by atoms with Gasteiger partial charge in [0.05, 0.1) is 3.58 Å². The minimum absolute atomic E-state index is 0.0341. The molecule has 0 N–H and O–H groups in total. The molecule has 0 saturated carbocycles. The molecule has 0 amide bonds. The van der Waals surface area contributed by atoms with Crippen LogP contribution in [0.2, 0.25) is 0 Å². The summed E-state index contributed by atoms with van der Waals surface area (Å²) in [5.41, 5.74) is 2.62. The van der Waals surface area contributed by atoms with Crippen LogP contribution < -0.4 is 0 Å². The first-order valence-electron chi connectivity index (χ1n) is 4.84. The van der Waals surface area contributed by atoms with Crippen LogP contribution in [0.5, 0.6) is 0 Å². The summed E-state index contributed by atoms with van der Waals surface area (Å²) in [6, 6.07) is 4.46. The highest BCUT2D eigenvalue weighted by Gasteiger charge is 2.23. The van der Waals surface area contributed by atoms with Gasteiger partial charge >= 0.3 is 0 Å². The van der Waals surface area contributed by atoms with E-state index in [-0.39, 0.29) is 11.6 Å². The zero-order valence-corrected chi connectivity index (χ0v) is 10.5. The summed E-state index contributed by atoms with van der Waals surface area (Å²) < 4.78 is 13.8. The summed E-state index contributed by atoms with van der Waals surface area (Å²) in [7, 11) is 0. The highest BCUT2D eigenvalue weighted by atomic mass is 127. The van der Waals surface area contributed by atoms with Gasteiger partial charge in [0.15, 0.2) is 5.78 Å². The lowest BCUT2D eigenvalue weighted by Gasteiger charge is -2.18. The fourth-order valence-corrected chi connectivity index (χ4v) is 2.64. The van der Waals surface area contributed by atoms with Crippen molar-refractivity contribution < 1.29 is 9.18 Å². The molecule has 0 atom stereocenters. The first-order valence-corrected chi connectivity index (χ1v) is 5.92. The SMILES string of the molecule is CCC1=C(I)C(=O)c2cc(F)ccc2C1. The van der Waals surface area contributed by atoms with Gasteiger partial charge in [-0.25, -0.2) is 4.39 Å². The predicted octanol–water partition coefficient (Wildman–Crippen LogP) is 3.66. The van der Waals surface area contributed by atoms with Gasteiger partial charge in [0.1, 0.15) is 5.82 Å². The number of allylic oxidation sites excluding steroid dienone is 2. The van der Waals surface area contributed by atoms with Crippen molar-refractivity contribution in [3.05, 3.63) is 44.3 Å². The minimum atomic E-state index is -0.341. The summed E-state index contributed by atoms with van der Waals surface area (Å²) in [4.78, 5) is 11.9. The Hall–Kier alpha value is -0.710. The van der Waals surface area contributed by atoms with Gasteiger partial charge in [-0.05, 0) is 58.7 Å². The van der Waals surface area contributed by atoms with Gasteiger partial charge in [-0.3, -0.25) is 4.79 Å². The van der Waals surface area contributed by atoms with E-state index in [0.717, 1.165) is 27.6 Å². The van der Waals surface area contributed by atoms with Gasteiger partial charge in [-0.15, -0.1) is 0 Å². The number of ketones is 1. The molecule has 0 spiro atoms. The molecule has 1 aromatic rings. The number of carbonyl (C=O) groups is 1.